The van der Waals surface area contributed by atoms with Crippen molar-refractivity contribution < 1.29 is 9.18 Å². The predicted molar refractivity (Wildman–Crippen MR) is 99.8 cm³/mol. The SMILES string of the molecule is C[C@H](Sc1ncnc2sc3c(c12)CCC3)C(=O)Nc1ccccc1F. The van der Waals surface area contributed by atoms with Gasteiger partial charge in [-0.15, -0.1) is 11.3 Å². The number of fused-ring (bicyclic) bond motifs is 3. The lowest BCUT2D eigenvalue weighted by molar-refractivity contribution is -0.115. The van der Waals surface area contributed by atoms with Crippen LogP contribution in [-0.2, 0) is 17.6 Å². The zero-order chi connectivity index (χ0) is 17.4. The van der Waals surface area contributed by atoms with Crippen molar-refractivity contribution in [1.29, 1.82) is 0 Å². The molecule has 0 spiro atoms. The Kier molecular flexibility index (Phi) is 4.43. The second kappa shape index (κ2) is 6.72. The number of aromatic nitrogens is 2. The van der Waals surface area contributed by atoms with Crippen molar-refractivity contribution in [3.63, 3.8) is 0 Å². The summed E-state index contributed by atoms with van der Waals surface area (Å²) in [6.07, 6.45) is 4.87. The second-order valence-electron chi connectivity index (χ2n) is 5.95. The van der Waals surface area contributed by atoms with E-state index < -0.39 is 11.1 Å². The Morgan fingerprint density at radius 2 is 2.16 bits per heavy atom. The van der Waals surface area contributed by atoms with Gasteiger partial charge < -0.3 is 5.32 Å². The van der Waals surface area contributed by atoms with Gasteiger partial charge in [0.1, 0.15) is 22.0 Å². The number of carbonyl (C=O) groups is 1. The molecule has 1 aliphatic rings. The Balaban J connectivity index is 1.57. The molecule has 128 valence electrons. The molecular formula is C18H16FN3OS2. The first kappa shape index (κ1) is 16.5. The van der Waals surface area contributed by atoms with E-state index >= 15 is 0 Å². The number of halogens is 1. The topological polar surface area (TPSA) is 54.9 Å². The molecule has 0 aliphatic heterocycles. The highest BCUT2D eigenvalue weighted by atomic mass is 32.2. The number of benzene rings is 1. The van der Waals surface area contributed by atoms with Gasteiger partial charge in [-0.05, 0) is 43.9 Å². The van der Waals surface area contributed by atoms with Crippen LogP contribution >= 0.6 is 23.1 Å². The van der Waals surface area contributed by atoms with Gasteiger partial charge in [-0.2, -0.15) is 0 Å². The number of anilines is 1. The number of nitrogens with zero attached hydrogens (tertiary/aromatic N) is 2. The number of thiophene rings is 1. The van der Waals surface area contributed by atoms with Crippen LogP contribution in [0.2, 0.25) is 0 Å². The van der Waals surface area contributed by atoms with E-state index in [-0.39, 0.29) is 11.6 Å². The molecule has 0 fully saturated rings. The summed E-state index contributed by atoms with van der Waals surface area (Å²) in [4.78, 5) is 23.6. The molecule has 1 aromatic carbocycles. The summed E-state index contributed by atoms with van der Waals surface area (Å²) in [5, 5.41) is 4.18. The molecular weight excluding hydrogens is 357 g/mol. The van der Waals surface area contributed by atoms with Gasteiger partial charge in [0, 0.05) is 10.3 Å². The van der Waals surface area contributed by atoms with E-state index in [4.69, 9.17) is 0 Å². The number of hydrogen-bond donors (Lipinski definition) is 1. The Labute approximate surface area is 152 Å². The lowest BCUT2D eigenvalue weighted by atomic mass is 10.2. The molecule has 1 amide bonds. The minimum Gasteiger partial charge on any atom is -0.323 e. The summed E-state index contributed by atoms with van der Waals surface area (Å²) in [6.45, 7) is 1.81. The monoisotopic (exact) mass is 373 g/mol. The maximum atomic E-state index is 13.7. The Hall–Kier alpha value is -1.99. The van der Waals surface area contributed by atoms with Crippen LogP contribution in [0.3, 0.4) is 0 Å². The standard InChI is InChI=1S/C18H16FN3OS2/c1-10(16(23)22-13-7-3-2-6-12(13)19)24-17-15-11-5-4-8-14(11)25-18(15)21-9-20-17/h2-3,6-7,9-10H,4-5,8H2,1H3,(H,22,23)/t10-/m0/s1. The molecule has 25 heavy (non-hydrogen) atoms. The first-order chi connectivity index (χ1) is 12.1. The Morgan fingerprint density at radius 1 is 1.32 bits per heavy atom. The van der Waals surface area contributed by atoms with E-state index in [1.165, 1.54) is 34.7 Å². The molecule has 2 aromatic heterocycles. The summed E-state index contributed by atoms with van der Waals surface area (Å²) < 4.78 is 13.7. The number of rotatable bonds is 4. The van der Waals surface area contributed by atoms with Gasteiger partial charge in [-0.3, -0.25) is 4.79 Å². The highest BCUT2D eigenvalue weighted by molar-refractivity contribution is 8.00. The van der Waals surface area contributed by atoms with Crippen molar-refractivity contribution >= 4 is 44.9 Å². The lowest BCUT2D eigenvalue weighted by Crippen LogP contribution is -2.23. The van der Waals surface area contributed by atoms with E-state index in [2.05, 4.69) is 15.3 Å². The quantitative estimate of drug-likeness (QED) is 0.543. The minimum atomic E-state index is -0.437. The maximum Gasteiger partial charge on any atom is 0.237 e. The van der Waals surface area contributed by atoms with Crippen LogP contribution < -0.4 is 5.32 Å². The Bertz CT molecular complexity index is 957. The van der Waals surface area contributed by atoms with E-state index in [0.29, 0.717) is 0 Å². The normalized spacial score (nSPS) is 14.5. The van der Waals surface area contributed by atoms with Crippen molar-refractivity contribution in [2.24, 2.45) is 0 Å². The number of carbonyl (C=O) groups excluding carboxylic acids is 1. The van der Waals surface area contributed by atoms with Crippen LogP contribution in [0.1, 0.15) is 23.8 Å². The molecule has 3 aromatic rings. The van der Waals surface area contributed by atoms with Crippen molar-refractivity contribution in [2.45, 2.75) is 36.5 Å². The summed E-state index contributed by atoms with van der Waals surface area (Å²) >= 11 is 3.12. The number of para-hydroxylation sites is 1. The molecule has 4 nitrogen and oxygen atoms in total. The highest BCUT2D eigenvalue weighted by Gasteiger charge is 2.24. The predicted octanol–water partition coefficient (Wildman–Crippen LogP) is 4.44. The largest absolute Gasteiger partial charge is 0.323 e. The zero-order valence-corrected chi connectivity index (χ0v) is 15.2. The van der Waals surface area contributed by atoms with Gasteiger partial charge in [0.25, 0.3) is 0 Å². The van der Waals surface area contributed by atoms with Crippen molar-refractivity contribution in [3.05, 3.63) is 46.9 Å². The average molecular weight is 373 g/mol. The highest BCUT2D eigenvalue weighted by Crippen LogP contribution is 2.40. The third-order valence-corrected chi connectivity index (χ3v) is 6.56. The van der Waals surface area contributed by atoms with Crippen LogP contribution in [-0.4, -0.2) is 21.1 Å². The molecule has 0 radical (unpaired) electrons. The molecule has 7 heteroatoms. The average Bonchev–Trinajstić information content (AvgIpc) is 3.18. The van der Waals surface area contributed by atoms with E-state index in [1.807, 2.05) is 0 Å². The van der Waals surface area contributed by atoms with Crippen molar-refractivity contribution in [2.75, 3.05) is 5.32 Å². The molecule has 4 rings (SSSR count). The van der Waals surface area contributed by atoms with Crippen LogP contribution in [0.25, 0.3) is 10.2 Å². The summed E-state index contributed by atoms with van der Waals surface area (Å²) in [5.74, 6) is -0.679. The van der Waals surface area contributed by atoms with E-state index in [1.54, 1.807) is 42.8 Å². The number of hydrogen-bond acceptors (Lipinski definition) is 5. The Morgan fingerprint density at radius 3 is 3.00 bits per heavy atom. The second-order valence-corrected chi connectivity index (χ2v) is 8.36. The molecule has 1 atom stereocenters. The van der Waals surface area contributed by atoms with E-state index in [0.717, 1.165) is 28.1 Å². The summed E-state index contributed by atoms with van der Waals surface area (Å²) in [6, 6.07) is 6.17. The smallest absolute Gasteiger partial charge is 0.237 e. The lowest BCUT2D eigenvalue weighted by Gasteiger charge is -2.12. The van der Waals surface area contributed by atoms with Gasteiger partial charge in [-0.1, -0.05) is 23.9 Å². The first-order valence-electron chi connectivity index (χ1n) is 8.11. The fourth-order valence-electron chi connectivity index (χ4n) is 3.01. The van der Waals surface area contributed by atoms with E-state index in [9.17, 15) is 9.18 Å². The van der Waals surface area contributed by atoms with Gasteiger partial charge in [0.2, 0.25) is 5.91 Å². The van der Waals surface area contributed by atoms with Crippen LogP contribution in [0.4, 0.5) is 10.1 Å². The molecule has 0 saturated carbocycles. The third-order valence-electron chi connectivity index (χ3n) is 4.26. The number of nitrogens with one attached hydrogen (secondary N) is 1. The minimum absolute atomic E-state index is 0.198. The fourth-order valence-corrected chi connectivity index (χ4v) is 5.25. The molecule has 1 N–H and O–H groups in total. The molecule has 0 unspecified atom stereocenters. The molecule has 1 aliphatic carbocycles. The van der Waals surface area contributed by atoms with Crippen LogP contribution in [0, 0.1) is 5.82 Å². The summed E-state index contributed by atoms with van der Waals surface area (Å²) in [7, 11) is 0. The van der Waals surface area contributed by atoms with Crippen molar-refractivity contribution in [1.82, 2.24) is 9.97 Å². The molecule has 2 heterocycles. The van der Waals surface area contributed by atoms with Crippen molar-refractivity contribution in [3.8, 4) is 0 Å². The van der Waals surface area contributed by atoms with Crippen LogP contribution in [0.15, 0.2) is 35.6 Å². The summed E-state index contributed by atoms with van der Waals surface area (Å²) in [5.41, 5.74) is 1.54. The number of thioether (sulfide) groups is 1. The first-order valence-corrected chi connectivity index (χ1v) is 9.80. The van der Waals surface area contributed by atoms with Gasteiger partial charge in [0.05, 0.1) is 10.9 Å². The van der Waals surface area contributed by atoms with Gasteiger partial charge in [0.15, 0.2) is 0 Å². The third kappa shape index (κ3) is 3.14. The van der Waals surface area contributed by atoms with Crippen LogP contribution in [0.5, 0.6) is 0 Å². The van der Waals surface area contributed by atoms with Gasteiger partial charge >= 0.3 is 0 Å². The maximum absolute atomic E-state index is 13.7. The zero-order valence-electron chi connectivity index (χ0n) is 13.6. The molecule has 0 bridgehead atoms. The molecule has 0 saturated heterocycles. The number of amides is 1. The number of aryl methyl sites for hydroxylation is 2. The fraction of sp³-hybridized carbons (Fsp3) is 0.278. The van der Waals surface area contributed by atoms with Gasteiger partial charge in [-0.25, -0.2) is 14.4 Å².